The molecular formula is C28H28ClFN4OS. The molecular weight excluding hydrogens is 495 g/mol. The summed E-state index contributed by atoms with van der Waals surface area (Å²) in [7, 11) is 0. The number of halogens is 2. The van der Waals surface area contributed by atoms with Crippen LogP contribution < -0.4 is 15.5 Å². The second-order valence-electron chi connectivity index (χ2n) is 8.92. The molecule has 0 saturated carbocycles. The fourth-order valence-corrected chi connectivity index (χ4v) is 5.94. The summed E-state index contributed by atoms with van der Waals surface area (Å²) in [4.78, 5) is 17.4. The molecule has 1 fully saturated rings. The summed E-state index contributed by atoms with van der Waals surface area (Å²) in [6.45, 7) is 7.99. The number of fused-ring (bicyclic) bond motifs is 1. The second kappa shape index (κ2) is 10.8. The minimum Gasteiger partial charge on any atom is -0.371 e. The summed E-state index contributed by atoms with van der Waals surface area (Å²) in [5, 5.41) is 6.75. The van der Waals surface area contributed by atoms with Gasteiger partial charge in [-0.3, -0.25) is 4.79 Å². The van der Waals surface area contributed by atoms with Crippen molar-refractivity contribution >= 4 is 52.0 Å². The summed E-state index contributed by atoms with van der Waals surface area (Å²) < 4.78 is 14.0. The third-order valence-electron chi connectivity index (χ3n) is 6.63. The van der Waals surface area contributed by atoms with E-state index in [2.05, 4.69) is 51.3 Å². The summed E-state index contributed by atoms with van der Waals surface area (Å²) in [6.07, 6.45) is 0. The Morgan fingerprint density at radius 3 is 2.56 bits per heavy atom. The minimum atomic E-state index is -0.409. The lowest BCUT2D eigenvalue weighted by Crippen LogP contribution is -2.45. The third kappa shape index (κ3) is 5.32. The lowest BCUT2D eigenvalue weighted by molar-refractivity contribution is -0.116. The molecule has 2 N–H and O–H groups in total. The van der Waals surface area contributed by atoms with Gasteiger partial charge in [0, 0.05) is 59.7 Å². The molecule has 3 aromatic rings. The molecule has 1 unspecified atom stereocenters. The molecule has 3 aromatic carbocycles. The van der Waals surface area contributed by atoms with Gasteiger partial charge >= 0.3 is 0 Å². The van der Waals surface area contributed by atoms with Gasteiger partial charge in [-0.1, -0.05) is 48.5 Å². The highest BCUT2D eigenvalue weighted by Gasteiger charge is 2.27. The van der Waals surface area contributed by atoms with Crippen LogP contribution in [0.1, 0.15) is 11.1 Å². The van der Waals surface area contributed by atoms with Gasteiger partial charge in [0.1, 0.15) is 11.9 Å². The van der Waals surface area contributed by atoms with E-state index in [1.165, 1.54) is 23.5 Å². The first kappa shape index (κ1) is 24.5. The molecule has 2 aliphatic rings. The first-order valence-corrected chi connectivity index (χ1v) is 13.5. The Morgan fingerprint density at radius 2 is 1.81 bits per heavy atom. The van der Waals surface area contributed by atoms with Crippen LogP contribution in [0.4, 0.5) is 21.5 Å². The Morgan fingerprint density at radius 1 is 1.03 bits per heavy atom. The lowest BCUT2D eigenvalue weighted by Gasteiger charge is -2.38. The van der Waals surface area contributed by atoms with Gasteiger partial charge in [-0.15, -0.1) is 0 Å². The van der Waals surface area contributed by atoms with Gasteiger partial charge in [-0.2, -0.15) is 11.8 Å². The number of piperazine rings is 1. The van der Waals surface area contributed by atoms with Crippen molar-refractivity contribution in [1.29, 1.82) is 0 Å². The van der Waals surface area contributed by atoms with Crippen molar-refractivity contribution in [2.24, 2.45) is 0 Å². The zero-order chi connectivity index (χ0) is 25.1. The van der Waals surface area contributed by atoms with Gasteiger partial charge in [0.05, 0.1) is 11.4 Å². The Kier molecular flexibility index (Phi) is 7.39. The third-order valence-corrected chi connectivity index (χ3v) is 8.05. The molecule has 2 aliphatic heterocycles. The molecule has 0 spiro atoms. The number of amides is 1. The predicted octanol–water partition coefficient (Wildman–Crippen LogP) is 5.94. The monoisotopic (exact) mass is 522 g/mol. The molecule has 5 rings (SSSR count). The van der Waals surface area contributed by atoms with E-state index in [1.54, 1.807) is 12.1 Å². The van der Waals surface area contributed by atoms with E-state index in [0.717, 1.165) is 48.8 Å². The number of benzene rings is 3. The van der Waals surface area contributed by atoms with Crippen LogP contribution in [0.15, 0.2) is 73.3 Å². The van der Waals surface area contributed by atoms with Crippen molar-refractivity contribution in [3.8, 4) is 0 Å². The Bertz CT molecular complexity index is 1240. The number of para-hydroxylation sites is 1. The highest BCUT2D eigenvalue weighted by atomic mass is 35.5. The van der Waals surface area contributed by atoms with Crippen molar-refractivity contribution in [3.63, 3.8) is 0 Å². The number of nitrogens with zero attached hydrogens (tertiary/aromatic N) is 2. The van der Waals surface area contributed by atoms with Gasteiger partial charge in [0.2, 0.25) is 5.91 Å². The Balaban J connectivity index is 1.18. The summed E-state index contributed by atoms with van der Waals surface area (Å²) in [5.41, 5.74) is 5.28. The van der Waals surface area contributed by atoms with E-state index >= 15 is 0 Å². The number of hydrogen-bond donors (Lipinski definition) is 2. The highest BCUT2D eigenvalue weighted by molar-refractivity contribution is 7.98. The Hall–Kier alpha value is -3.16. The number of rotatable bonds is 7. The largest absolute Gasteiger partial charge is 0.371 e. The average molecular weight is 523 g/mol. The first-order valence-electron chi connectivity index (χ1n) is 12.0. The maximum absolute atomic E-state index is 14.0. The summed E-state index contributed by atoms with van der Waals surface area (Å²) >= 11 is 7.59. The highest BCUT2D eigenvalue weighted by Crippen LogP contribution is 2.33. The van der Waals surface area contributed by atoms with E-state index in [-0.39, 0.29) is 11.7 Å². The zero-order valence-corrected chi connectivity index (χ0v) is 21.4. The van der Waals surface area contributed by atoms with E-state index in [0.29, 0.717) is 22.1 Å². The van der Waals surface area contributed by atoms with Crippen molar-refractivity contribution in [1.82, 2.24) is 4.90 Å². The van der Waals surface area contributed by atoms with Crippen molar-refractivity contribution in [3.05, 3.63) is 95.3 Å². The molecule has 36 heavy (non-hydrogen) atoms. The first-order chi connectivity index (χ1) is 17.5. The average Bonchev–Trinajstić information content (AvgIpc) is 2.90. The van der Waals surface area contributed by atoms with Crippen LogP contribution >= 0.6 is 23.4 Å². The number of thioether (sulfide) groups is 1. The van der Waals surface area contributed by atoms with E-state index in [9.17, 15) is 9.18 Å². The predicted molar refractivity (Wildman–Crippen MR) is 149 cm³/mol. The van der Waals surface area contributed by atoms with Gasteiger partial charge in [0.25, 0.3) is 0 Å². The molecule has 0 aliphatic carbocycles. The maximum Gasteiger partial charge on any atom is 0.247 e. The molecule has 1 amide bonds. The lowest BCUT2D eigenvalue weighted by atomic mass is 10.1. The van der Waals surface area contributed by atoms with E-state index in [4.69, 9.17) is 11.6 Å². The number of nitrogens with one attached hydrogen (secondary N) is 2. The van der Waals surface area contributed by atoms with E-state index < -0.39 is 6.04 Å². The summed E-state index contributed by atoms with van der Waals surface area (Å²) in [6, 6.07) is 20.7. The van der Waals surface area contributed by atoms with Crippen molar-refractivity contribution < 1.29 is 9.18 Å². The fraction of sp³-hybridized carbons (Fsp3) is 0.250. The van der Waals surface area contributed by atoms with E-state index in [1.807, 2.05) is 24.3 Å². The summed E-state index contributed by atoms with van der Waals surface area (Å²) in [5.74, 6) is 0.473. The molecule has 8 heteroatoms. The quantitative estimate of drug-likeness (QED) is 0.402. The number of carbonyl (C=O) groups is 1. The van der Waals surface area contributed by atoms with Gasteiger partial charge in [0.15, 0.2) is 0 Å². The van der Waals surface area contributed by atoms with Crippen LogP contribution in [0, 0.1) is 5.82 Å². The topological polar surface area (TPSA) is 47.6 Å². The Labute approximate surface area is 220 Å². The second-order valence-corrected chi connectivity index (χ2v) is 10.4. The van der Waals surface area contributed by atoms with Crippen LogP contribution in [-0.4, -0.2) is 48.8 Å². The van der Waals surface area contributed by atoms with Gasteiger partial charge in [-0.25, -0.2) is 4.39 Å². The van der Waals surface area contributed by atoms with Crippen LogP contribution in [0.3, 0.4) is 0 Å². The number of hydrogen-bond acceptors (Lipinski definition) is 5. The minimum absolute atomic E-state index is 0.103. The van der Waals surface area contributed by atoms with Gasteiger partial charge in [-0.05, 0) is 42.0 Å². The molecule has 0 radical (unpaired) electrons. The van der Waals surface area contributed by atoms with Crippen molar-refractivity contribution in [2.75, 3.05) is 47.5 Å². The SMILES string of the molecule is C=C(c1ccc2c(c1)NC(=O)C(CSCc1c(F)cccc1Cl)N2)N1CCN(c2ccccc2)CC1. The number of anilines is 3. The number of carbonyl (C=O) groups excluding carboxylic acids is 1. The molecule has 0 bridgehead atoms. The maximum atomic E-state index is 14.0. The molecule has 5 nitrogen and oxygen atoms in total. The molecule has 1 atom stereocenters. The standard InChI is InChI=1S/C28H28ClFN4OS/c1-19(33-12-14-34(15-13-33)21-6-3-2-4-7-21)20-10-11-25-26(16-20)32-28(35)27(31-25)18-36-17-22-23(29)8-5-9-24(22)30/h2-11,16,27,31H,1,12-15,17-18H2,(H,32,35). The van der Waals surface area contributed by atoms with Crippen LogP contribution in [0.25, 0.3) is 5.70 Å². The fourth-order valence-electron chi connectivity index (χ4n) is 4.55. The van der Waals surface area contributed by atoms with Crippen molar-refractivity contribution in [2.45, 2.75) is 11.8 Å². The smallest absolute Gasteiger partial charge is 0.247 e. The van der Waals surface area contributed by atoms with Gasteiger partial charge < -0.3 is 20.4 Å². The van der Waals surface area contributed by atoms with Crippen LogP contribution in [-0.2, 0) is 10.5 Å². The molecule has 186 valence electrons. The molecule has 2 heterocycles. The molecule has 0 aromatic heterocycles. The molecule has 1 saturated heterocycles. The van der Waals surface area contributed by atoms with Crippen LogP contribution in [0.2, 0.25) is 5.02 Å². The normalized spacial score (nSPS) is 17.3. The van der Waals surface area contributed by atoms with Crippen LogP contribution in [0.5, 0.6) is 0 Å². The zero-order valence-electron chi connectivity index (χ0n) is 19.8.